The Hall–Kier alpha value is -0.110. The highest BCUT2D eigenvalue weighted by Gasteiger charge is 2.34. The van der Waals surface area contributed by atoms with Crippen molar-refractivity contribution >= 4 is 0 Å². The third kappa shape index (κ3) is 1.73. The van der Waals surface area contributed by atoms with Crippen molar-refractivity contribution < 1.29 is 9.13 Å². The van der Waals surface area contributed by atoms with E-state index in [1.54, 1.807) is 0 Å². The van der Waals surface area contributed by atoms with E-state index in [0.29, 0.717) is 6.61 Å². The standard InChI is InChI=1S/C9H17FO/c1-4-8-7(3)9(10)6(2)5-11-8/h6-9H,4-5H2,1-3H3/t6-,7-,8-,9-/m1/s1. The van der Waals surface area contributed by atoms with Gasteiger partial charge in [0.2, 0.25) is 0 Å². The van der Waals surface area contributed by atoms with Gasteiger partial charge in [-0.25, -0.2) is 4.39 Å². The molecule has 1 nitrogen and oxygen atoms in total. The maximum Gasteiger partial charge on any atom is 0.110 e. The van der Waals surface area contributed by atoms with Gasteiger partial charge in [0.1, 0.15) is 6.17 Å². The van der Waals surface area contributed by atoms with Crippen molar-refractivity contribution in [3.63, 3.8) is 0 Å². The summed E-state index contributed by atoms with van der Waals surface area (Å²) < 4.78 is 18.8. The van der Waals surface area contributed by atoms with Crippen LogP contribution in [0.2, 0.25) is 0 Å². The second kappa shape index (κ2) is 3.53. The van der Waals surface area contributed by atoms with Crippen LogP contribution in [0, 0.1) is 11.8 Å². The second-order valence-corrected chi connectivity index (χ2v) is 3.56. The van der Waals surface area contributed by atoms with Crippen LogP contribution < -0.4 is 0 Å². The molecule has 0 aromatic rings. The summed E-state index contributed by atoms with van der Waals surface area (Å²) in [5.41, 5.74) is 0. The van der Waals surface area contributed by atoms with E-state index in [-0.39, 0.29) is 17.9 Å². The Labute approximate surface area is 67.9 Å². The van der Waals surface area contributed by atoms with Crippen molar-refractivity contribution in [1.82, 2.24) is 0 Å². The van der Waals surface area contributed by atoms with Crippen molar-refractivity contribution in [2.24, 2.45) is 11.8 Å². The van der Waals surface area contributed by atoms with E-state index in [9.17, 15) is 4.39 Å². The van der Waals surface area contributed by atoms with Crippen LogP contribution in [0.3, 0.4) is 0 Å². The van der Waals surface area contributed by atoms with E-state index in [0.717, 1.165) is 6.42 Å². The summed E-state index contributed by atoms with van der Waals surface area (Å²) in [5, 5.41) is 0. The Morgan fingerprint density at radius 2 is 2.09 bits per heavy atom. The highest BCUT2D eigenvalue weighted by atomic mass is 19.1. The van der Waals surface area contributed by atoms with Crippen molar-refractivity contribution in [2.45, 2.75) is 39.5 Å². The van der Waals surface area contributed by atoms with Gasteiger partial charge < -0.3 is 4.74 Å². The van der Waals surface area contributed by atoms with Crippen LogP contribution in [-0.2, 0) is 4.74 Å². The van der Waals surface area contributed by atoms with Gasteiger partial charge in [0.05, 0.1) is 12.7 Å². The quantitative estimate of drug-likeness (QED) is 0.572. The molecular weight excluding hydrogens is 143 g/mol. The fourth-order valence-corrected chi connectivity index (χ4v) is 1.73. The van der Waals surface area contributed by atoms with Gasteiger partial charge in [0.25, 0.3) is 0 Å². The van der Waals surface area contributed by atoms with Crippen LogP contribution in [0.1, 0.15) is 27.2 Å². The lowest BCUT2D eigenvalue weighted by atomic mass is 9.87. The van der Waals surface area contributed by atoms with Crippen LogP contribution >= 0.6 is 0 Å². The molecule has 2 heteroatoms. The van der Waals surface area contributed by atoms with Crippen molar-refractivity contribution in [3.05, 3.63) is 0 Å². The van der Waals surface area contributed by atoms with Crippen LogP contribution in [0.15, 0.2) is 0 Å². The van der Waals surface area contributed by atoms with Gasteiger partial charge in [0, 0.05) is 11.8 Å². The number of hydrogen-bond donors (Lipinski definition) is 0. The molecule has 1 rings (SSSR count). The van der Waals surface area contributed by atoms with Gasteiger partial charge in [-0.3, -0.25) is 0 Å². The molecule has 0 bridgehead atoms. The number of hydrogen-bond acceptors (Lipinski definition) is 1. The lowest BCUT2D eigenvalue weighted by Gasteiger charge is -2.35. The fraction of sp³-hybridized carbons (Fsp3) is 1.00. The van der Waals surface area contributed by atoms with Gasteiger partial charge in [-0.2, -0.15) is 0 Å². The van der Waals surface area contributed by atoms with E-state index >= 15 is 0 Å². The van der Waals surface area contributed by atoms with Crippen LogP contribution in [0.25, 0.3) is 0 Å². The molecule has 0 aromatic heterocycles. The topological polar surface area (TPSA) is 9.23 Å². The lowest BCUT2D eigenvalue weighted by Crippen LogP contribution is -2.40. The summed E-state index contributed by atoms with van der Waals surface area (Å²) in [7, 11) is 0. The van der Waals surface area contributed by atoms with Crippen molar-refractivity contribution in [3.8, 4) is 0 Å². The number of halogens is 1. The van der Waals surface area contributed by atoms with Gasteiger partial charge >= 0.3 is 0 Å². The summed E-state index contributed by atoms with van der Waals surface area (Å²) in [5.74, 6) is 0.150. The smallest absolute Gasteiger partial charge is 0.110 e. The molecule has 0 spiro atoms. The van der Waals surface area contributed by atoms with E-state index in [4.69, 9.17) is 4.74 Å². The number of alkyl halides is 1. The molecule has 0 aliphatic carbocycles. The summed E-state index contributed by atoms with van der Waals surface area (Å²) in [6, 6.07) is 0. The Morgan fingerprint density at radius 3 is 2.64 bits per heavy atom. The van der Waals surface area contributed by atoms with Gasteiger partial charge in [-0.05, 0) is 6.42 Å². The van der Waals surface area contributed by atoms with E-state index in [1.165, 1.54) is 0 Å². The van der Waals surface area contributed by atoms with Gasteiger partial charge in [-0.15, -0.1) is 0 Å². The lowest BCUT2D eigenvalue weighted by molar-refractivity contribution is -0.0906. The number of ether oxygens (including phenoxy) is 1. The molecule has 0 saturated carbocycles. The molecule has 1 fully saturated rings. The molecule has 0 unspecified atom stereocenters. The van der Waals surface area contributed by atoms with Gasteiger partial charge in [-0.1, -0.05) is 20.8 Å². The number of rotatable bonds is 1. The minimum atomic E-state index is -0.673. The van der Waals surface area contributed by atoms with E-state index in [1.807, 2.05) is 20.8 Å². The molecule has 1 saturated heterocycles. The van der Waals surface area contributed by atoms with E-state index in [2.05, 4.69) is 0 Å². The Balaban J connectivity index is 2.52. The Morgan fingerprint density at radius 1 is 1.45 bits per heavy atom. The maximum atomic E-state index is 13.3. The predicted octanol–water partition coefficient (Wildman–Crippen LogP) is 2.41. The van der Waals surface area contributed by atoms with Crippen LogP contribution in [0.4, 0.5) is 4.39 Å². The van der Waals surface area contributed by atoms with Gasteiger partial charge in [0.15, 0.2) is 0 Å². The first-order chi connectivity index (χ1) is 5.16. The normalized spacial score (nSPS) is 45.8. The Bertz CT molecular complexity index is 125. The zero-order valence-corrected chi connectivity index (χ0v) is 7.51. The van der Waals surface area contributed by atoms with Crippen molar-refractivity contribution in [2.75, 3.05) is 6.61 Å². The molecule has 0 aromatic carbocycles. The largest absolute Gasteiger partial charge is 0.377 e. The molecule has 1 aliphatic rings. The zero-order chi connectivity index (χ0) is 8.43. The first-order valence-corrected chi connectivity index (χ1v) is 4.42. The third-order valence-corrected chi connectivity index (χ3v) is 2.61. The molecular formula is C9H17FO. The molecule has 1 aliphatic heterocycles. The van der Waals surface area contributed by atoms with Crippen LogP contribution in [-0.4, -0.2) is 18.9 Å². The monoisotopic (exact) mass is 160 g/mol. The Kier molecular flexibility index (Phi) is 2.88. The fourth-order valence-electron chi connectivity index (χ4n) is 1.73. The summed E-state index contributed by atoms with van der Waals surface area (Å²) in [6.07, 6.45) is 0.392. The molecule has 4 atom stereocenters. The second-order valence-electron chi connectivity index (χ2n) is 3.56. The summed E-state index contributed by atoms with van der Waals surface area (Å²) in [4.78, 5) is 0. The molecule has 0 N–H and O–H groups in total. The molecule has 1 heterocycles. The highest BCUT2D eigenvalue weighted by Crippen LogP contribution is 2.29. The highest BCUT2D eigenvalue weighted by molar-refractivity contribution is 4.81. The summed E-state index contributed by atoms with van der Waals surface area (Å²) >= 11 is 0. The SMILES string of the molecule is CC[C@H]1OC[C@@H](C)[C@@H](F)[C@@H]1C. The minimum Gasteiger partial charge on any atom is -0.377 e. The first-order valence-electron chi connectivity index (χ1n) is 4.42. The average Bonchev–Trinajstić information content (AvgIpc) is 2.01. The first kappa shape index (κ1) is 8.98. The molecule has 11 heavy (non-hydrogen) atoms. The average molecular weight is 160 g/mol. The van der Waals surface area contributed by atoms with E-state index < -0.39 is 6.17 Å². The maximum absolute atomic E-state index is 13.3. The molecule has 0 radical (unpaired) electrons. The molecule has 66 valence electrons. The zero-order valence-electron chi connectivity index (χ0n) is 7.51. The van der Waals surface area contributed by atoms with Crippen molar-refractivity contribution in [1.29, 1.82) is 0 Å². The molecule has 0 amide bonds. The summed E-state index contributed by atoms with van der Waals surface area (Å²) in [6.45, 7) is 6.48. The predicted molar refractivity (Wildman–Crippen MR) is 43.3 cm³/mol. The van der Waals surface area contributed by atoms with Crippen LogP contribution in [0.5, 0.6) is 0 Å². The minimum absolute atomic E-state index is 0.0729. The third-order valence-electron chi connectivity index (χ3n) is 2.61.